The van der Waals surface area contributed by atoms with E-state index in [4.69, 9.17) is 5.84 Å². The quantitative estimate of drug-likeness (QED) is 0.479. The number of aromatic nitrogens is 3. The number of hydrogen-bond acceptors (Lipinski definition) is 5. The minimum Gasteiger partial charge on any atom is -0.336 e. The van der Waals surface area contributed by atoms with Crippen LogP contribution in [0.25, 0.3) is 0 Å². The van der Waals surface area contributed by atoms with Crippen LogP contribution in [-0.2, 0) is 4.79 Å². The average molecular weight is 375 g/mol. The lowest BCUT2D eigenvalue weighted by Crippen LogP contribution is -2.15. The van der Waals surface area contributed by atoms with Crippen molar-refractivity contribution in [1.29, 1.82) is 0 Å². The number of nitrogens with two attached hydrogens (primary N) is 1. The Hall–Kier alpha value is -1.29. The van der Waals surface area contributed by atoms with Gasteiger partial charge in [-0.1, -0.05) is 17.8 Å². The van der Waals surface area contributed by atoms with Crippen molar-refractivity contribution in [3.05, 3.63) is 34.2 Å². The van der Waals surface area contributed by atoms with Crippen LogP contribution < -0.4 is 11.2 Å². The molecular formula is C10H10IN5OS. The van der Waals surface area contributed by atoms with Gasteiger partial charge in [-0.3, -0.25) is 4.79 Å². The van der Waals surface area contributed by atoms with Gasteiger partial charge in [0.2, 0.25) is 11.1 Å². The number of anilines is 1. The number of halogens is 1. The lowest BCUT2D eigenvalue weighted by molar-refractivity contribution is -0.113. The largest absolute Gasteiger partial charge is 0.336 e. The van der Waals surface area contributed by atoms with E-state index in [2.05, 4.69) is 38.1 Å². The number of carbonyl (C=O) groups is 1. The van der Waals surface area contributed by atoms with E-state index >= 15 is 0 Å². The van der Waals surface area contributed by atoms with Crippen LogP contribution in [0.4, 0.5) is 5.69 Å². The van der Waals surface area contributed by atoms with Crippen molar-refractivity contribution in [1.82, 2.24) is 14.9 Å². The first kappa shape index (κ1) is 13.1. The van der Waals surface area contributed by atoms with E-state index in [0.717, 1.165) is 9.26 Å². The number of nitrogen functional groups attached to an aromatic ring is 1. The number of nitrogens with zero attached hydrogens (tertiary/aromatic N) is 3. The molecule has 0 unspecified atom stereocenters. The highest BCUT2D eigenvalue weighted by Crippen LogP contribution is 2.15. The molecule has 0 atom stereocenters. The van der Waals surface area contributed by atoms with Gasteiger partial charge in [-0.15, -0.1) is 10.2 Å². The molecule has 0 radical (unpaired) electrons. The van der Waals surface area contributed by atoms with Crippen LogP contribution in [0.15, 0.2) is 35.7 Å². The number of rotatable bonds is 4. The molecule has 0 spiro atoms. The molecule has 0 saturated carbocycles. The summed E-state index contributed by atoms with van der Waals surface area (Å²) in [5.41, 5.74) is 0.779. The van der Waals surface area contributed by atoms with E-state index in [1.165, 1.54) is 22.8 Å². The van der Waals surface area contributed by atoms with Gasteiger partial charge in [0.25, 0.3) is 0 Å². The third kappa shape index (κ3) is 3.60. The second kappa shape index (κ2) is 6.05. The van der Waals surface area contributed by atoms with E-state index in [1.54, 1.807) is 0 Å². The molecule has 1 heterocycles. The summed E-state index contributed by atoms with van der Waals surface area (Å²) in [6.07, 6.45) is 1.39. The summed E-state index contributed by atoms with van der Waals surface area (Å²) in [6.45, 7) is 0. The van der Waals surface area contributed by atoms with Crippen LogP contribution in [0.2, 0.25) is 0 Å². The summed E-state index contributed by atoms with van der Waals surface area (Å²) >= 11 is 3.43. The molecule has 2 rings (SSSR count). The van der Waals surface area contributed by atoms with Gasteiger partial charge in [-0.25, -0.2) is 4.68 Å². The smallest absolute Gasteiger partial charge is 0.234 e. The van der Waals surface area contributed by atoms with Crippen LogP contribution in [0, 0.1) is 3.57 Å². The lowest BCUT2D eigenvalue weighted by Gasteiger charge is -2.04. The number of hydrogen-bond donors (Lipinski definition) is 2. The van der Waals surface area contributed by atoms with E-state index in [0.29, 0.717) is 5.16 Å². The molecule has 1 amide bonds. The van der Waals surface area contributed by atoms with E-state index in [1.807, 2.05) is 24.3 Å². The minimum atomic E-state index is -0.106. The summed E-state index contributed by atoms with van der Waals surface area (Å²) in [5.74, 6) is 5.67. The minimum absolute atomic E-state index is 0.106. The number of benzene rings is 1. The van der Waals surface area contributed by atoms with Crippen molar-refractivity contribution in [2.45, 2.75) is 5.16 Å². The van der Waals surface area contributed by atoms with Gasteiger partial charge < -0.3 is 11.2 Å². The average Bonchev–Trinajstić information content (AvgIpc) is 2.72. The van der Waals surface area contributed by atoms with Crippen molar-refractivity contribution in [2.75, 3.05) is 16.9 Å². The maximum absolute atomic E-state index is 11.7. The number of nitrogens with one attached hydrogen (secondary N) is 1. The Bertz CT molecular complexity index is 559. The fourth-order valence-electron chi connectivity index (χ4n) is 1.23. The Labute approximate surface area is 121 Å². The molecular weight excluding hydrogens is 365 g/mol. The number of carbonyl (C=O) groups excluding carboxylic acids is 1. The van der Waals surface area contributed by atoms with Gasteiger partial charge in [0.05, 0.1) is 5.75 Å². The third-order valence-corrected chi connectivity index (χ3v) is 3.61. The van der Waals surface area contributed by atoms with Gasteiger partial charge in [-0.05, 0) is 40.8 Å². The van der Waals surface area contributed by atoms with E-state index < -0.39 is 0 Å². The zero-order valence-electron chi connectivity index (χ0n) is 9.21. The molecule has 1 aromatic heterocycles. The molecule has 8 heteroatoms. The molecule has 0 aliphatic carbocycles. The summed E-state index contributed by atoms with van der Waals surface area (Å²) < 4.78 is 2.35. The predicted octanol–water partition coefficient (Wildman–Crippen LogP) is 1.33. The first-order chi connectivity index (χ1) is 8.65. The molecule has 0 bridgehead atoms. The second-order valence-electron chi connectivity index (χ2n) is 3.37. The van der Waals surface area contributed by atoms with Crippen LogP contribution >= 0.6 is 34.4 Å². The molecule has 0 saturated heterocycles. The maximum Gasteiger partial charge on any atom is 0.234 e. The summed E-state index contributed by atoms with van der Waals surface area (Å²) in [5, 5.41) is 10.7. The highest BCUT2D eigenvalue weighted by atomic mass is 127. The summed E-state index contributed by atoms with van der Waals surface area (Å²) in [4.78, 5) is 11.7. The zero-order valence-corrected chi connectivity index (χ0v) is 12.2. The highest BCUT2D eigenvalue weighted by molar-refractivity contribution is 14.1. The molecule has 18 heavy (non-hydrogen) atoms. The standard InChI is InChI=1S/C10H10IN5OS/c11-7-2-1-3-8(4-7)14-9(17)5-18-10-15-13-6-16(10)12/h1-4,6H,5,12H2,(H,14,17). The van der Waals surface area contributed by atoms with Crippen molar-refractivity contribution in [3.8, 4) is 0 Å². The second-order valence-corrected chi connectivity index (χ2v) is 5.56. The van der Waals surface area contributed by atoms with Crippen molar-refractivity contribution < 1.29 is 4.79 Å². The van der Waals surface area contributed by atoms with Crippen LogP contribution in [-0.4, -0.2) is 26.5 Å². The maximum atomic E-state index is 11.7. The van der Waals surface area contributed by atoms with Gasteiger partial charge in [-0.2, -0.15) is 0 Å². The molecule has 0 fully saturated rings. The van der Waals surface area contributed by atoms with Crippen LogP contribution in [0.3, 0.4) is 0 Å². The molecule has 3 N–H and O–H groups in total. The van der Waals surface area contributed by atoms with Gasteiger partial charge >= 0.3 is 0 Å². The van der Waals surface area contributed by atoms with Gasteiger partial charge in [0, 0.05) is 9.26 Å². The fraction of sp³-hybridized carbons (Fsp3) is 0.100. The van der Waals surface area contributed by atoms with Crippen LogP contribution in [0.5, 0.6) is 0 Å². The summed E-state index contributed by atoms with van der Waals surface area (Å²) in [7, 11) is 0. The third-order valence-electron chi connectivity index (χ3n) is 1.98. The normalized spacial score (nSPS) is 10.3. The molecule has 6 nitrogen and oxygen atoms in total. The fourth-order valence-corrected chi connectivity index (χ4v) is 2.41. The molecule has 1 aromatic carbocycles. The number of thioether (sulfide) groups is 1. The number of amides is 1. The van der Waals surface area contributed by atoms with Crippen molar-refractivity contribution in [3.63, 3.8) is 0 Å². The van der Waals surface area contributed by atoms with Crippen molar-refractivity contribution in [2.24, 2.45) is 0 Å². The lowest BCUT2D eigenvalue weighted by atomic mass is 10.3. The molecule has 2 aromatic rings. The monoisotopic (exact) mass is 375 g/mol. The first-order valence-corrected chi connectivity index (χ1v) is 7.05. The van der Waals surface area contributed by atoms with Gasteiger partial charge in [0.15, 0.2) is 0 Å². The zero-order chi connectivity index (χ0) is 13.0. The molecule has 0 aliphatic heterocycles. The SMILES string of the molecule is Nn1cnnc1SCC(=O)Nc1cccc(I)c1. The Morgan fingerprint density at radius 2 is 2.39 bits per heavy atom. The van der Waals surface area contributed by atoms with E-state index in [9.17, 15) is 4.79 Å². The molecule has 0 aliphatic rings. The Balaban J connectivity index is 1.88. The first-order valence-electron chi connectivity index (χ1n) is 4.98. The van der Waals surface area contributed by atoms with E-state index in [-0.39, 0.29) is 11.7 Å². The Morgan fingerprint density at radius 1 is 1.56 bits per heavy atom. The predicted molar refractivity (Wildman–Crippen MR) is 78.7 cm³/mol. The van der Waals surface area contributed by atoms with Crippen LogP contribution in [0.1, 0.15) is 0 Å². The Kier molecular flexibility index (Phi) is 4.42. The Morgan fingerprint density at radius 3 is 3.06 bits per heavy atom. The van der Waals surface area contributed by atoms with Gasteiger partial charge in [0.1, 0.15) is 6.33 Å². The topological polar surface area (TPSA) is 85.8 Å². The van der Waals surface area contributed by atoms with Crippen molar-refractivity contribution >= 4 is 45.9 Å². The molecule has 94 valence electrons. The summed E-state index contributed by atoms with van der Waals surface area (Å²) in [6, 6.07) is 7.59. The highest BCUT2D eigenvalue weighted by Gasteiger charge is 2.07.